The first-order chi connectivity index (χ1) is 14.4. The average molecular weight is 410 g/mol. The van der Waals surface area contributed by atoms with E-state index in [4.69, 9.17) is 9.47 Å². The Bertz CT molecular complexity index is 951. The number of ether oxygens (including phenoxy) is 2. The van der Waals surface area contributed by atoms with Crippen LogP contribution in [0.2, 0.25) is 0 Å². The highest BCUT2D eigenvalue weighted by atomic mass is 16.5. The van der Waals surface area contributed by atoms with Gasteiger partial charge in [0.05, 0.1) is 20.8 Å². The zero-order chi connectivity index (χ0) is 21.7. The van der Waals surface area contributed by atoms with Gasteiger partial charge in [0.25, 0.3) is 0 Å². The Balaban J connectivity index is 1.69. The lowest BCUT2D eigenvalue weighted by Crippen LogP contribution is -2.26. The molecule has 1 aliphatic rings. The Morgan fingerprint density at radius 1 is 1.20 bits per heavy atom. The molecule has 1 aliphatic heterocycles. The lowest BCUT2D eigenvalue weighted by atomic mass is 10.1. The Labute approximate surface area is 176 Å². The van der Waals surface area contributed by atoms with E-state index in [-0.39, 0.29) is 11.8 Å². The standard InChI is InChI=1S/C22H26N4O4/c1-25-13-17-7-15(11-23-22(17)24-20(27)14-25)5-6-21(28)26(2)12-16-8-18(29-3)10-19(9-16)30-4/h5-11H,12-14H2,1-4H3,(H,23,24,27). The van der Waals surface area contributed by atoms with Crippen molar-refractivity contribution in [3.63, 3.8) is 0 Å². The summed E-state index contributed by atoms with van der Waals surface area (Å²) >= 11 is 0. The molecule has 1 N–H and O–H groups in total. The molecule has 0 atom stereocenters. The highest BCUT2D eigenvalue weighted by Gasteiger charge is 2.17. The van der Waals surface area contributed by atoms with E-state index in [2.05, 4.69) is 10.3 Å². The summed E-state index contributed by atoms with van der Waals surface area (Å²) in [6.45, 7) is 1.34. The fourth-order valence-corrected chi connectivity index (χ4v) is 3.22. The van der Waals surface area contributed by atoms with Crippen molar-refractivity contribution in [2.24, 2.45) is 0 Å². The van der Waals surface area contributed by atoms with Crippen molar-refractivity contribution in [2.45, 2.75) is 13.1 Å². The van der Waals surface area contributed by atoms with Gasteiger partial charge in [-0.1, -0.05) is 0 Å². The molecule has 1 aromatic carbocycles. The number of methoxy groups -OCH3 is 2. The molecule has 0 aliphatic carbocycles. The van der Waals surface area contributed by atoms with E-state index in [1.165, 1.54) is 6.08 Å². The van der Waals surface area contributed by atoms with Crippen LogP contribution >= 0.6 is 0 Å². The number of carbonyl (C=O) groups excluding carboxylic acids is 2. The van der Waals surface area contributed by atoms with Gasteiger partial charge in [-0.25, -0.2) is 4.98 Å². The first-order valence-corrected chi connectivity index (χ1v) is 9.50. The van der Waals surface area contributed by atoms with Crippen LogP contribution in [-0.2, 0) is 22.7 Å². The molecular weight excluding hydrogens is 384 g/mol. The quantitative estimate of drug-likeness (QED) is 0.735. The Hall–Kier alpha value is -3.39. The second-order valence-electron chi connectivity index (χ2n) is 7.25. The zero-order valence-electron chi connectivity index (χ0n) is 17.6. The van der Waals surface area contributed by atoms with Crippen LogP contribution in [0.25, 0.3) is 6.08 Å². The molecule has 0 radical (unpaired) electrons. The predicted octanol–water partition coefficient (Wildman–Crippen LogP) is 2.15. The number of nitrogens with one attached hydrogen (secondary N) is 1. The summed E-state index contributed by atoms with van der Waals surface area (Å²) in [5.41, 5.74) is 2.61. The smallest absolute Gasteiger partial charge is 0.246 e. The number of fused-ring (bicyclic) bond motifs is 1. The molecule has 0 fully saturated rings. The second kappa shape index (κ2) is 9.41. The maximum Gasteiger partial charge on any atom is 0.246 e. The Morgan fingerprint density at radius 2 is 1.90 bits per heavy atom. The minimum atomic E-state index is -0.142. The average Bonchev–Trinajstić information content (AvgIpc) is 2.87. The molecular formula is C22H26N4O4. The van der Waals surface area contributed by atoms with Gasteiger partial charge in [0, 0.05) is 44.0 Å². The van der Waals surface area contributed by atoms with E-state index in [9.17, 15) is 9.59 Å². The lowest BCUT2D eigenvalue weighted by molar-refractivity contribution is -0.125. The third-order valence-electron chi connectivity index (χ3n) is 4.72. The van der Waals surface area contributed by atoms with Gasteiger partial charge in [0.2, 0.25) is 11.8 Å². The summed E-state index contributed by atoms with van der Waals surface area (Å²) in [7, 11) is 6.80. The van der Waals surface area contributed by atoms with Crippen molar-refractivity contribution in [3.05, 3.63) is 53.2 Å². The van der Waals surface area contributed by atoms with Crippen LogP contribution in [0.1, 0.15) is 16.7 Å². The van der Waals surface area contributed by atoms with E-state index in [0.29, 0.717) is 37.0 Å². The van der Waals surface area contributed by atoms with Crippen LogP contribution in [0, 0.1) is 0 Å². The number of amides is 2. The molecule has 2 amide bonds. The van der Waals surface area contributed by atoms with E-state index in [0.717, 1.165) is 16.7 Å². The lowest BCUT2D eigenvalue weighted by Gasteiger charge is -2.16. The molecule has 1 aromatic heterocycles. The summed E-state index contributed by atoms with van der Waals surface area (Å²) in [6, 6.07) is 7.46. The molecule has 8 heteroatoms. The van der Waals surface area contributed by atoms with Crippen molar-refractivity contribution < 1.29 is 19.1 Å². The van der Waals surface area contributed by atoms with E-state index < -0.39 is 0 Å². The number of nitrogens with zero attached hydrogens (tertiary/aromatic N) is 3. The van der Waals surface area contributed by atoms with Gasteiger partial charge in [-0.15, -0.1) is 0 Å². The number of hydrogen-bond acceptors (Lipinski definition) is 6. The van der Waals surface area contributed by atoms with Gasteiger partial charge < -0.3 is 19.7 Å². The molecule has 8 nitrogen and oxygen atoms in total. The van der Waals surface area contributed by atoms with Crippen LogP contribution in [-0.4, -0.2) is 61.5 Å². The van der Waals surface area contributed by atoms with Crippen molar-refractivity contribution in [2.75, 3.05) is 40.2 Å². The van der Waals surface area contributed by atoms with Gasteiger partial charge in [-0.2, -0.15) is 0 Å². The largest absolute Gasteiger partial charge is 0.497 e. The van der Waals surface area contributed by atoms with Crippen molar-refractivity contribution >= 4 is 23.7 Å². The van der Waals surface area contributed by atoms with Crippen molar-refractivity contribution in [1.82, 2.24) is 14.8 Å². The molecule has 3 rings (SSSR count). The first-order valence-electron chi connectivity index (χ1n) is 9.50. The molecule has 0 spiro atoms. The van der Waals surface area contributed by atoms with Crippen molar-refractivity contribution in [3.8, 4) is 11.5 Å². The number of anilines is 1. The summed E-state index contributed by atoms with van der Waals surface area (Å²) in [6.07, 6.45) is 4.88. The van der Waals surface area contributed by atoms with Gasteiger partial charge >= 0.3 is 0 Å². The number of carbonyl (C=O) groups is 2. The summed E-state index contributed by atoms with van der Waals surface area (Å²) in [4.78, 5) is 32.2. The number of hydrogen-bond donors (Lipinski definition) is 1. The minimum absolute atomic E-state index is 0.0852. The normalized spacial score (nSPS) is 14.1. The highest BCUT2D eigenvalue weighted by Crippen LogP contribution is 2.23. The topological polar surface area (TPSA) is 84.0 Å². The van der Waals surface area contributed by atoms with Gasteiger partial charge in [-0.05, 0) is 42.4 Å². The van der Waals surface area contributed by atoms with Crippen LogP contribution in [0.5, 0.6) is 11.5 Å². The van der Waals surface area contributed by atoms with Gasteiger partial charge in [-0.3, -0.25) is 14.5 Å². The zero-order valence-corrected chi connectivity index (χ0v) is 17.6. The fraction of sp³-hybridized carbons (Fsp3) is 0.318. The fourth-order valence-electron chi connectivity index (χ4n) is 3.22. The van der Waals surface area contributed by atoms with Crippen LogP contribution < -0.4 is 14.8 Å². The predicted molar refractivity (Wildman–Crippen MR) is 114 cm³/mol. The van der Waals surface area contributed by atoms with Crippen LogP contribution in [0.4, 0.5) is 5.82 Å². The number of benzene rings is 1. The number of likely N-dealkylation sites (N-methyl/N-ethyl adjacent to an activating group) is 2. The summed E-state index contributed by atoms with van der Waals surface area (Å²) in [5.74, 6) is 1.69. The molecule has 0 bridgehead atoms. The number of rotatable bonds is 6. The van der Waals surface area contributed by atoms with Crippen LogP contribution in [0.3, 0.4) is 0 Å². The SMILES string of the molecule is COc1cc(CN(C)C(=O)C=Cc2cnc3c(c2)CN(C)CC(=O)N3)cc(OC)c1. The Morgan fingerprint density at radius 3 is 2.57 bits per heavy atom. The monoisotopic (exact) mass is 410 g/mol. The van der Waals surface area contributed by atoms with E-state index in [1.807, 2.05) is 30.1 Å². The molecule has 2 aromatic rings. The molecule has 0 unspecified atom stereocenters. The maximum atomic E-state index is 12.6. The molecule has 0 saturated carbocycles. The molecule has 0 saturated heterocycles. The van der Waals surface area contributed by atoms with Crippen molar-refractivity contribution in [1.29, 1.82) is 0 Å². The summed E-state index contributed by atoms with van der Waals surface area (Å²) < 4.78 is 10.6. The summed E-state index contributed by atoms with van der Waals surface area (Å²) in [5, 5.41) is 2.80. The van der Waals surface area contributed by atoms with Gasteiger partial charge in [0.1, 0.15) is 17.3 Å². The number of pyridine rings is 1. The van der Waals surface area contributed by atoms with E-state index in [1.54, 1.807) is 44.5 Å². The first kappa shape index (κ1) is 21.3. The highest BCUT2D eigenvalue weighted by molar-refractivity contribution is 5.93. The third kappa shape index (κ3) is 5.36. The number of aromatic nitrogens is 1. The second-order valence-corrected chi connectivity index (χ2v) is 7.25. The minimum Gasteiger partial charge on any atom is -0.497 e. The molecule has 30 heavy (non-hydrogen) atoms. The molecule has 158 valence electrons. The van der Waals surface area contributed by atoms with Crippen LogP contribution in [0.15, 0.2) is 36.5 Å². The third-order valence-corrected chi connectivity index (χ3v) is 4.72. The Kier molecular flexibility index (Phi) is 6.68. The van der Waals surface area contributed by atoms with Gasteiger partial charge in [0.15, 0.2) is 0 Å². The van der Waals surface area contributed by atoms with E-state index >= 15 is 0 Å². The maximum absolute atomic E-state index is 12.6. The molecule has 2 heterocycles.